The maximum Gasteiger partial charge on any atom is 0.262 e. The lowest BCUT2D eigenvalue weighted by molar-refractivity contribution is -0.114. The van der Waals surface area contributed by atoms with Crippen LogP contribution in [-0.2, 0) is 14.8 Å². The second-order valence-corrected chi connectivity index (χ2v) is 8.45. The molecule has 2 aromatic carbocycles. The molecule has 4 rings (SSSR count). The molecule has 0 radical (unpaired) electrons. The molecular weight excluding hydrogens is 402 g/mol. The van der Waals surface area contributed by atoms with Gasteiger partial charge in [0.25, 0.3) is 10.0 Å². The zero-order chi connectivity index (χ0) is 21.3. The predicted molar refractivity (Wildman–Crippen MR) is 115 cm³/mol. The third-order valence-electron chi connectivity index (χ3n) is 4.45. The number of sulfonamides is 1. The highest BCUT2D eigenvalue weighted by Crippen LogP contribution is 2.25. The van der Waals surface area contributed by atoms with Gasteiger partial charge >= 0.3 is 0 Å². The molecule has 0 fully saturated rings. The van der Waals surface area contributed by atoms with E-state index in [4.69, 9.17) is 0 Å². The molecule has 0 aliphatic heterocycles. The Morgan fingerprint density at radius 3 is 2.47 bits per heavy atom. The molecule has 0 spiro atoms. The van der Waals surface area contributed by atoms with Crippen molar-refractivity contribution in [3.63, 3.8) is 0 Å². The summed E-state index contributed by atoms with van der Waals surface area (Å²) < 4.78 is 30.0. The minimum atomic E-state index is -3.78. The summed E-state index contributed by atoms with van der Waals surface area (Å²) in [7, 11) is -3.78. The van der Waals surface area contributed by atoms with Crippen LogP contribution in [0.5, 0.6) is 0 Å². The topological polar surface area (TPSA) is 105 Å². The third kappa shape index (κ3) is 4.01. The standard InChI is InChI=1S/C21H19N5O3S/c1-14-12-18(23-15(2)27)8-9-20(14)30(28,29)25-17-6-4-16(5-7-17)19-13-26-11-3-10-22-21(26)24-19/h3-13,25H,1-2H3,(H,23,27). The smallest absolute Gasteiger partial charge is 0.262 e. The highest BCUT2D eigenvalue weighted by Gasteiger charge is 2.17. The van der Waals surface area contributed by atoms with Gasteiger partial charge in [-0.3, -0.25) is 13.9 Å². The molecule has 8 nitrogen and oxygen atoms in total. The van der Waals surface area contributed by atoms with Crippen molar-refractivity contribution in [2.75, 3.05) is 10.0 Å². The predicted octanol–water partition coefficient (Wildman–Crippen LogP) is 3.46. The Hall–Kier alpha value is -3.72. The number of benzene rings is 2. The first kappa shape index (κ1) is 19.6. The number of hydrogen-bond donors (Lipinski definition) is 2. The molecule has 1 amide bonds. The van der Waals surface area contributed by atoms with Crippen LogP contribution in [0.1, 0.15) is 12.5 Å². The van der Waals surface area contributed by atoms with Gasteiger partial charge in [0.2, 0.25) is 11.7 Å². The van der Waals surface area contributed by atoms with Gasteiger partial charge in [0.05, 0.1) is 10.6 Å². The number of nitrogens with zero attached hydrogens (tertiary/aromatic N) is 3. The summed E-state index contributed by atoms with van der Waals surface area (Å²) in [4.78, 5) is 20.0. The number of aromatic nitrogens is 3. The SMILES string of the molecule is CC(=O)Nc1ccc(S(=O)(=O)Nc2ccc(-c3cn4cccnc4n3)cc2)c(C)c1. The van der Waals surface area contributed by atoms with Crippen LogP contribution in [0, 0.1) is 6.92 Å². The number of fused-ring (bicyclic) bond motifs is 1. The first-order valence-electron chi connectivity index (χ1n) is 9.13. The van der Waals surface area contributed by atoms with Crippen LogP contribution in [0.4, 0.5) is 11.4 Å². The van der Waals surface area contributed by atoms with E-state index in [-0.39, 0.29) is 10.8 Å². The highest BCUT2D eigenvalue weighted by atomic mass is 32.2. The number of carbonyl (C=O) groups is 1. The highest BCUT2D eigenvalue weighted by molar-refractivity contribution is 7.92. The summed E-state index contributed by atoms with van der Waals surface area (Å²) in [6, 6.07) is 13.4. The van der Waals surface area contributed by atoms with Crippen molar-refractivity contribution < 1.29 is 13.2 Å². The Kier molecular flexibility index (Phi) is 4.96. The molecule has 0 aliphatic rings. The minimum Gasteiger partial charge on any atom is -0.326 e. The molecule has 30 heavy (non-hydrogen) atoms. The monoisotopic (exact) mass is 421 g/mol. The lowest BCUT2D eigenvalue weighted by Gasteiger charge is -2.12. The van der Waals surface area contributed by atoms with E-state index in [2.05, 4.69) is 20.0 Å². The number of anilines is 2. The van der Waals surface area contributed by atoms with Crippen LogP contribution in [-0.4, -0.2) is 28.7 Å². The maximum atomic E-state index is 12.8. The van der Waals surface area contributed by atoms with Crippen molar-refractivity contribution in [2.24, 2.45) is 0 Å². The van der Waals surface area contributed by atoms with Crippen LogP contribution in [0.3, 0.4) is 0 Å². The number of amides is 1. The number of nitrogens with one attached hydrogen (secondary N) is 2. The summed E-state index contributed by atoms with van der Waals surface area (Å²) in [6.45, 7) is 3.08. The molecule has 152 valence electrons. The molecule has 2 heterocycles. The lowest BCUT2D eigenvalue weighted by atomic mass is 10.1. The lowest BCUT2D eigenvalue weighted by Crippen LogP contribution is -2.14. The second-order valence-electron chi connectivity index (χ2n) is 6.80. The molecule has 0 unspecified atom stereocenters. The summed E-state index contributed by atoms with van der Waals surface area (Å²) in [5.74, 6) is 0.375. The Morgan fingerprint density at radius 1 is 1.07 bits per heavy atom. The zero-order valence-electron chi connectivity index (χ0n) is 16.3. The van der Waals surface area contributed by atoms with Gasteiger partial charge in [-0.05, 0) is 48.9 Å². The fraction of sp³-hybridized carbons (Fsp3) is 0.0952. The van der Waals surface area contributed by atoms with Crippen LogP contribution in [0.25, 0.3) is 17.0 Å². The fourth-order valence-corrected chi connectivity index (χ4v) is 4.41. The normalized spacial score (nSPS) is 11.4. The van der Waals surface area contributed by atoms with E-state index in [1.165, 1.54) is 13.0 Å². The minimum absolute atomic E-state index is 0.145. The second kappa shape index (κ2) is 7.60. The number of imidazole rings is 1. The first-order chi connectivity index (χ1) is 14.3. The Labute approximate surface area is 173 Å². The van der Waals surface area contributed by atoms with Crippen LogP contribution < -0.4 is 10.0 Å². The average molecular weight is 421 g/mol. The average Bonchev–Trinajstić information content (AvgIpc) is 3.12. The van der Waals surface area contributed by atoms with Gasteiger partial charge < -0.3 is 5.32 Å². The van der Waals surface area contributed by atoms with Gasteiger partial charge in [-0.1, -0.05) is 12.1 Å². The molecule has 2 N–H and O–H groups in total. The molecule has 0 aliphatic carbocycles. The van der Waals surface area contributed by atoms with E-state index in [1.807, 2.05) is 22.9 Å². The molecule has 2 aromatic heterocycles. The van der Waals surface area contributed by atoms with E-state index >= 15 is 0 Å². The summed E-state index contributed by atoms with van der Waals surface area (Å²) in [5.41, 5.74) is 3.10. The van der Waals surface area contributed by atoms with E-state index in [0.29, 0.717) is 22.7 Å². The number of hydrogen-bond acceptors (Lipinski definition) is 5. The van der Waals surface area contributed by atoms with Crippen LogP contribution in [0.2, 0.25) is 0 Å². The molecule has 0 bridgehead atoms. The van der Waals surface area contributed by atoms with Crippen molar-refractivity contribution in [3.8, 4) is 11.3 Å². The van der Waals surface area contributed by atoms with Crippen LogP contribution >= 0.6 is 0 Å². The summed E-state index contributed by atoms with van der Waals surface area (Å²) in [5, 5.41) is 2.64. The van der Waals surface area contributed by atoms with E-state index in [9.17, 15) is 13.2 Å². The molecule has 4 aromatic rings. The Bertz CT molecular complexity index is 1310. The fourth-order valence-electron chi connectivity index (χ4n) is 3.12. The molecule has 0 saturated heterocycles. The van der Waals surface area contributed by atoms with Crippen LogP contribution in [0.15, 0.2) is 72.0 Å². The van der Waals surface area contributed by atoms with Gasteiger partial charge in [-0.25, -0.2) is 18.4 Å². The molecule has 9 heteroatoms. The first-order valence-corrected chi connectivity index (χ1v) is 10.6. The number of rotatable bonds is 5. The van der Waals surface area contributed by atoms with E-state index < -0.39 is 10.0 Å². The maximum absolute atomic E-state index is 12.8. The number of aryl methyl sites for hydroxylation is 1. The third-order valence-corrected chi connectivity index (χ3v) is 5.99. The number of carbonyl (C=O) groups excluding carboxylic acids is 1. The van der Waals surface area contributed by atoms with Gasteiger partial charge in [0.1, 0.15) is 0 Å². The van der Waals surface area contributed by atoms with E-state index in [1.54, 1.807) is 49.5 Å². The zero-order valence-corrected chi connectivity index (χ0v) is 17.1. The van der Waals surface area contributed by atoms with Gasteiger partial charge in [-0.2, -0.15) is 0 Å². The summed E-state index contributed by atoms with van der Waals surface area (Å²) >= 11 is 0. The van der Waals surface area contributed by atoms with Gasteiger partial charge in [-0.15, -0.1) is 0 Å². The van der Waals surface area contributed by atoms with Crippen molar-refractivity contribution >= 4 is 33.1 Å². The largest absolute Gasteiger partial charge is 0.326 e. The molecule has 0 saturated carbocycles. The molecular formula is C21H19N5O3S. The Balaban J connectivity index is 1.55. The van der Waals surface area contributed by atoms with Gasteiger partial charge in [0, 0.05) is 42.5 Å². The van der Waals surface area contributed by atoms with Crippen molar-refractivity contribution in [3.05, 3.63) is 72.7 Å². The quantitative estimate of drug-likeness (QED) is 0.513. The van der Waals surface area contributed by atoms with E-state index in [0.717, 1.165) is 11.3 Å². The summed E-state index contributed by atoms with van der Waals surface area (Å²) in [6.07, 6.45) is 5.40. The van der Waals surface area contributed by atoms with Crippen molar-refractivity contribution in [1.29, 1.82) is 0 Å². The van der Waals surface area contributed by atoms with Crippen molar-refractivity contribution in [1.82, 2.24) is 14.4 Å². The van der Waals surface area contributed by atoms with Gasteiger partial charge in [0.15, 0.2) is 0 Å². The Morgan fingerprint density at radius 2 is 1.80 bits per heavy atom. The molecule has 0 atom stereocenters. The van der Waals surface area contributed by atoms with Crippen molar-refractivity contribution in [2.45, 2.75) is 18.7 Å².